The molecule has 89 heavy (non-hydrogen) atoms. The van der Waals surface area contributed by atoms with Gasteiger partial charge in [-0.15, -0.1) is 0 Å². The summed E-state index contributed by atoms with van der Waals surface area (Å²) in [5, 5.41) is 34.6. The third-order valence-corrected chi connectivity index (χ3v) is 15.0. The van der Waals surface area contributed by atoms with Crippen LogP contribution in [-0.4, -0.2) is 126 Å². The Hall–Kier alpha value is -9.69. The molecular weight excluding hydrogens is 1160 g/mol. The summed E-state index contributed by atoms with van der Waals surface area (Å²) < 4.78 is 0. The van der Waals surface area contributed by atoms with Crippen LogP contribution in [0.3, 0.4) is 0 Å². The predicted octanol–water partition coefficient (Wildman–Crippen LogP) is 2.29. The lowest BCUT2D eigenvalue weighted by molar-refractivity contribution is -0.645. The minimum Gasteiger partial charge on any atom is -0.508 e. The molecule has 0 unspecified atom stereocenters. The number of para-hydroxylation sites is 1. The number of aromatic amines is 2. The number of benzene rings is 4. The highest BCUT2D eigenvalue weighted by Gasteiger charge is 2.36. The van der Waals surface area contributed by atoms with Crippen molar-refractivity contribution in [3.8, 4) is 5.75 Å². The molecule has 0 aliphatic carbocycles. The first kappa shape index (κ1) is 68.4. The number of azo groups is 1. The van der Waals surface area contributed by atoms with Gasteiger partial charge in [0.25, 0.3) is 12.1 Å². The van der Waals surface area contributed by atoms with E-state index in [0.717, 1.165) is 27.7 Å². The number of hydrogen-bond acceptors (Lipinski definition) is 13. The van der Waals surface area contributed by atoms with E-state index in [9.17, 15) is 48.3 Å². The molecule has 6 rings (SSSR count). The zero-order chi connectivity index (χ0) is 64.7. The largest absolute Gasteiger partial charge is 0.508 e. The van der Waals surface area contributed by atoms with Crippen LogP contribution < -0.4 is 60.3 Å². The number of nitrogens with zero attached hydrogens (tertiary/aromatic N) is 3. The summed E-state index contributed by atoms with van der Waals surface area (Å²) in [6, 6.07) is 18.9. The maximum atomic E-state index is 14.5. The quantitative estimate of drug-likeness (QED) is 0.00908. The van der Waals surface area contributed by atoms with Gasteiger partial charge in [-0.3, -0.25) is 48.5 Å². The van der Waals surface area contributed by atoms with E-state index in [1.54, 1.807) is 86.8 Å². The summed E-state index contributed by atoms with van der Waals surface area (Å²) in [5.74, 6) is -0.551. The number of halogens is 1. The number of phenolic OH excluding ortho intramolecular Hbond substituents is 1. The maximum Gasteiger partial charge on any atom is 0.288 e. The minimum absolute atomic E-state index is 0.00480. The van der Waals surface area contributed by atoms with E-state index in [0.29, 0.717) is 40.2 Å². The Bertz CT molecular complexity index is 3400. The molecule has 0 saturated heterocycles. The Morgan fingerprint density at radius 3 is 1.97 bits per heavy atom. The SMILES string of the molecule is CCCC[C@H](NC(=O)[C@H](Cc1ccccc1)N=[N+](N)[C@H](Cc1cnc[nH]1)NC(=O)C[C@@H](NC(=O)[C@@H](NC(=O)[C@H](C)NC(=O)[C@H](Cc1c[nH]c2ccccc12)NC(=O)[C@H](CCC(N)=O)NC(=O)[C@H](N)Cc1ccc(O)cc1)C(C)C)c1ccc(Cl)cc1)C(N)=O. The third-order valence-electron chi connectivity index (χ3n) is 14.7. The first-order valence-electron chi connectivity index (χ1n) is 29.3. The number of nitrogens with two attached hydrogens (primary N) is 4. The lowest BCUT2D eigenvalue weighted by atomic mass is 9.99. The number of unbranched alkanes of at least 4 members (excludes halogenated alkanes) is 1. The van der Waals surface area contributed by atoms with Crippen LogP contribution in [0.15, 0.2) is 127 Å². The highest BCUT2D eigenvalue weighted by Crippen LogP contribution is 2.23. The third kappa shape index (κ3) is 21.3. The van der Waals surface area contributed by atoms with Crippen LogP contribution in [0.1, 0.15) is 100 Å². The van der Waals surface area contributed by atoms with Crippen molar-refractivity contribution in [1.29, 1.82) is 0 Å². The molecular formula is C62H80ClN16O10+. The second kappa shape index (κ2) is 33.4. The summed E-state index contributed by atoms with van der Waals surface area (Å²) in [7, 11) is 0. The van der Waals surface area contributed by atoms with Gasteiger partial charge in [0.05, 0.1) is 31.3 Å². The van der Waals surface area contributed by atoms with Crippen LogP contribution in [0, 0.1) is 5.92 Å². The van der Waals surface area contributed by atoms with Gasteiger partial charge in [0, 0.05) is 63.2 Å². The van der Waals surface area contributed by atoms with Gasteiger partial charge in [0.1, 0.15) is 36.0 Å². The zero-order valence-corrected chi connectivity index (χ0v) is 50.8. The Balaban J connectivity index is 1.19. The van der Waals surface area contributed by atoms with E-state index >= 15 is 0 Å². The van der Waals surface area contributed by atoms with Crippen molar-refractivity contribution in [2.24, 2.45) is 34.1 Å². The van der Waals surface area contributed by atoms with Gasteiger partial charge in [0.2, 0.25) is 47.3 Å². The summed E-state index contributed by atoms with van der Waals surface area (Å²) in [5.41, 5.74) is 21.1. The van der Waals surface area contributed by atoms with Gasteiger partial charge in [-0.2, -0.15) is 5.84 Å². The fourth-order valence-corrected chi connectivity index (χ4v) is 9.81. The second-order valence-corrected chi connectivity index (χ2v) is 22.6. The first-order valence-corrected chi connectivity index (χ1v) is 29.6. The Morgan fingerprint density at radius 1 is 0.663 bits per heavy atom. The number of amides is 9. The molecule has 0 radical (unpaired) electrons. The Morgan fingerprint density at radius 2 is 1.31 bits per heavy atom. The van der Waals surface area contributed by atoms with Gasteiger partial charge in [-0.05, 0) is 84.7 Å². The molecule has 0 spiro atoms. The van der Waals surface area contributed by atoms with Crippen LogP contribution in [0.4, 0.5) is 0 Å². The van der Waals surface area contributed by atoms with Crippen molar-refractivity contribution in [1.82, 2.24) is 52.2 Å². The summed E-state index contributed by atoms with van der Waals surface area (Å²) in [6.45, 7) is 6.69. The number of carbonyl (C=O) groups is 9. The van der Waals surface area contributed by atoms with Crippen LogP contribution in [0.5, 0.6) is 5.75 Å². The molecule has 2 aromatic heterocycles. The number of nitrogens with one attached hydrogen (secondary N) is 9. The topological polar surface area (TPSA) is 422 Å². The number of hydrogen-bond donors (Lipinski definition) is 14. The molecule has 26 nitrogen and oxygen atoms in total. The first-order chi connectivity index (χ1) is 42.5. The highest BCUT2D eigenvalue weighted by atomic mass is 35.5. The minimum atomic E-state index is -1.40. The predicted molar refractivity (Wildman–Crippen MR) is 331 cm³/mol. The molecule has 0 saturated carbocycles. The van der Waals surface area contributed by atoms with Crippen LogP contribution >= 0.6 is 11.6 Å². The van der Waals surface area contributed by atoms with Crippen LogP contribution in [0.2, 0.25) is 5.02 Å². The molecule has 18 N–H and O–H groups in total. The number of carbonyl (C=O) groups excluding carboxylic acids is 9. The van der Waals surface area contributed by atoms with E-state index in [2.05, 4.69) is 57.3 Å². The normalized spacial score (nSPS) is 14.5. The van der Waals surface area contributed by atoms with Crippen molar-refractivity contribution in [3.05, 3.63) is 155 Å². The Labute approximate surface area is 519 Å². The second-order valence-electron chi connectivity index (χ2n) is 22.1. The van der Waals surface area contributed by atoms with Gasteiger partial charge >= 0.3 is 0 Å². The Kier molecular flexibility index (Phi) is 25.7. The highest BCUT2D eigenvalue weighted by molar-refractivity contribution is 6.30. The van der Waals surface area contributed by atoms with Crippen LogP contribution in [0.25, 0.3) is 10.9 Å². The van der Waals surface area contributed by atoms with Gasteiger partial charge in [-0.25, -0.2) is 4.98 Å². The fraction of sp³-hybridized carbons (Fsp3) is 0.387. The molecule has 27 heteroatoms. The molecule has 0 aliphatic rings. The number of fused-ring (bicyclic) bond motifs is 1. The van der Waals surface area contributed by atoms with Gasteiger partial charge in [-0.1, -0.05) is 118 Å². The number of imidazole rings is 1. The fourth-order valence-electron chi connectivity index (χ4n) is 9.69. The molecule has 9 atom stereocenters. The average molecular weight is 1240 g/mol. The summed E-state index contributed by atoms with van der Waals surface area (Å²) in [6.07, 6.45) is 4.18. The van der Waals surface area contributed by atoms with Crippen molar-refractivity contribution >= 4 is 75.7 Å². The van der Waals surface area contributed by atoms with Crippen molar-refractivity contribution < 1.29 is 53.1 Å². The van der Waals surface area contributed by atoms with E-state index in [-0.39, 0.29) is 44.3 Å². The molecule has 0 aliphatic heterocycles. The average Bonchev–Trinajstić information content (AvgIpc) is 2.09. The molecule has 4 aromatic carbocycles. The standard InChI is InChI=1S/C62H79ClN16O10/c1-5-6-15-47(56(66)83)72-61(88)51(28-37-12-8-7-9-13-37)78-79(67)53(30-42-33-68-34-70-42)76-54(82)31-49(39-19-21-41(63)22-20-39)74-62(89)55(35(2)3)77-57(84)36(4)71-60(87)50(29-40-32-69-46-16-11-10-14-44(40)46)75-59(86)48(25-26-52(65)81)73-58(85)45(64)27-38-17-23-43(80)24-18-38/h7-14,16-24,32-36,45,47-51,53,55,69H,5-6,15,25-31,64H2,1-4H3,(H14-,65,66,67,68,70,71,72,73,74,75,76,77,78,80,81,82,83,84,85,86,87,88,89)/p+1/t36-,45+,47-,48-,49+,50-,51-,53+,55-/m0/s1. The smallest absolute Gasteiger partial charge is 0.288 e. The van der Waals surface area contributed by atoms with Crippen molar-refractivity contribution in [2.45, 2.75) is 146 Å². The van der Waals surface area contributed by atoms with Crippen LogP contribution in [-0.2, 0) is 68.8 Å². The van der Waals surface area contributed by atoms with Crippen molar-refractivity contribution in [3.63, 3.8) is 0 Å². The zero-order valence-electron chi connectivity index (χ0n) is 50.0. The molecule has 9 amide bonds. The number of primary amides is 2. The number of hydrazine groups is 1. The number of H-pyrrole nitrogens is 2. The summed E-state index contributed by atoms with van der Waals surface area (Å²) >= 11 is 6.29. The monoisotopic (exact) mass is 1240 g/mol. The number of aromatic nitrogens is 3. The summed E-state index contributed by atoms with van der Waals surface area (Å²) in [4.78, 5) is 135. The van der Waals surface area contributed by atoms with Gasteiger partial charge < -0.3 is 64.2 Å². The number of phenols is 1. The molecule has 2 heterocycles. The van der Waals surface area contributed by atoms with E-state index in [4.69, 9.17) is 34.6 Å². The van der Waals surface area contributed by atoms with E-state index in [1.165, 1.54) is 31.6 Å². The molecule has 0 bridgehead atoms. The molecule has 474 valence electrons. The van der Waals surface area contributed by atoms with Gasteiger partial charge in [0.15, 0.2) is 6.04 Å². The molecule has 0 fully saturated rings. The van der Waals surface area contributed by atoms with E-state index < -0.39 is 120 Å². The van der Waals surface area contributed by atoms with Crippen molar-refractivity contribution in [2.75, 3.05) is 0 Å². The lowest BCUT2D eigenvalue weighted by Crippen LogP contribution is -2.59. The lowest BCUT2D eigenvalue weighted by Gasteiger charge is -2.28. The number of rotatable bonds is 34. The van der Waals surface area contributed by atoms with E-state index in [1.807, 2.05) is 31.2 Å². The maximum absolute atomic E-state index is 14.5. The molecule has 6 aromatic rings. The number of aromatic hydroxyl groups is 1.